The van der Waals surface area contributed by atoms with Crippen molar-refractivity contribution in [2.24, 2.45) is 0 Å². The van der Waals surface area contributed by atoms with Crippen molar-refractivity contribution in [2.75, 3.05) is 6.26 Å². The fourth-order valence-electron chi connectivity index (χ4n) is 3.22. The maximum absolute atomic E-state index is 12.3. The molecule has 8 nitrogen and oxygen atoms in total. The minimum Gasteiger partial charge on any atom is -0.481 e. The summed E-state index contributed by atoms with van der Waals surface area (Å²) >= 11 is 5.87. The summed E-state index contributed by atoms with van der Waals surface area (Å²) in [7, 11) is -3.46. The molecule has 0 aliphatic carbocycles. The van der Waals surface area contributed by atoms with Crippen LogP contribution < -0.4 is 14.8 Å². The molecular formula is C25H25ClN2O6S. The van der Waals surface area contributed by atoms with E-state index in [4.69, 9.17) is 21.4 Å². The van der Waals surface area contributed by atoms with Gasteiger partial charge in [-0.3, -0.25) is 9.59 Å². The quantitative estimate of drug-likeness (QED) is 0.357. The van der Waals surface area contributed by atoms with Crippen molar-refractivity contribution < 1.29 is 27.9 Å². The molecule has 1 amide bonds. The molecule has 0 radical (unpaired) electrons. The first-order valence-electron chi connectivity index (χ1n) is 10.6. The van der Waals surface area contributed by atoms with Gasteiger partial charge >= 0.3 is 5.97 Å². The monoisotopic (exact) mass is 516 g/mol. The van der Waals surface area contributed by atoms with E-state index in [1.807, 2.05) is 12.1 Å². The molecule has 3 aromatic carbocycles. The SMILES string of the molecule is CS(=O)(=O)NCc1cc(CC(=O)O)ccc1Oc1ccc(CC(=O)NCc2ccc(Cl)cc2)cc1. The summed E-state index contributed by atoms with van der Waals surface area (Å²) in [5.74, 6) is -0.240. The van der Waals surface area contributed by atoms with Gasteiger partial charge < -0.3 is 15.2 Å². The number of sulfonamides is 1. The van der Waals surface area contributed by atoms with Crippen LogP contribution in [0.3, 0.4) is 0 Å². The number of halogens is 1. The number of benzene rings is 3. The first-order chi connectivity index (χ1) is 16.6. The number of carboxylic acid groups (broad SMARTS) is 1. The molecule has 0 heterocycles. The Morgan fingerprint density at radius 1 is 0.886 bits per heavy atom. The highest BCUT2D eigenvalue weighted by Crippen LogP contribution is 2.27. The Labute approximate surface area is 208 Å². The molecule has 3 N–H and O–H groups in total. The molecule has 3 rings (SSSR count). The van der Waals surface area contributed by atoms with E-state index in [0.29, 0.717) is 34.2 Å². The van der Waals surface area contributed by atoms with Crippen LogP contribution in [-0.4, -0.2) is 31.7 Å². The lowest BCUT2D eigenvalue weighted by atomic mass is 10.1. The highest BCUT2D eigenvalue weighted by molar-refractivity contribution is 7.88. The van der Waals surface area contributed by atoms with Gasteiger partial charge in [-0.05, 0) is 47.0 Å². The van der Waals surface area contributed by atoms with E-state index in [1.54, 1.807) is 54.6 Å². The zero-order valence-corrected chi connectivity index (χ0v) is 20.5. The number of amides is 1. The molecular weight excluding hydrogens is 492 g/mol. The zero-order valence-electron chi connectivity index (χ0n) is 19.0. The molecule has 0 saturated carbocycles. The molecule has 0 fully saturated rings. The van der Waals surface area contributed by atoms with Gasteiger partial charge in [0.1, 0.15) is 11.5 Å². The van der Waals surface area contributed by atoms with Crippen molar-refractivity contribution in [3.63, 3.8) is 0 Å². The Morgan fingerprint density at radius 2 is 1.51 bits per heavy atom. The predicted octanol–water partition coefficient (Wildman–Crippen LogP) is 3.67. The minimum absolute atomic E-state index is 0.0481. The van der Waals surface area contributed by atoms with E-state index in [0.717, 1.165) is 17.4 Å². The highest BCUT2D eigenvalue weighted by atomic mass is 35.5. The van der Waals surface area contributed by atoms with E-state index < -0.39 is 16.0 Å². The maximum Gasteiger partial charge on any atom is 0.307 e. The first kappa shape index (κ1) is 26.2. The second-order valence-electron chi connectivity index (χ2n) is 7.93. The largest absolute Gasteiger partial charge is 0.481 e. The molecule has 0 aliphatic heterocycles. The number of rotatable bonds is 11. The molecule has 0 bridgehead atoms. The minimum atomic E-state index is -3.46. The van der Waals surface area contributed by atoms with Crippen LogP contribution in [0, 0.1) is 0 Å². The van der Waals surface area contributed by atoms with Gasteiger partial charge in [0.05, 0.1) is 19.1 Å². The van der Waals surface area contributed by atoms with E-state index >= 15 is 0 Å². The van der Waals surface area contributed by atoms with Gasteiger partial charge in [0.15, 0.2) is 0 Å². The molecule has 0 spiro atoms. The highest BCUT2D eigenvalue weighted by Gasteiger charge is 2.12. The fraction of sp³-hybridized carbons (Fsp3) is 0.200. The summed E-state index contributed by atoms with van der Waals surface area (Å²) in [4.78, 5) is 23.3. The average molecular weight is 517 g/mol. The molecule has 0 atom stereocenters. The molecule has 0 aromatic heterocycles. The lowest BCUT2D eigenvalue weighted by Crippen LogP contribution is -2.24. The second kappa shape index (κ2) is 11.8. The van der Waals surface area contributed by atoms with Crippen LogP contribution in [0.1, 0.15) is 22.3 Å². The molecule has 0 saturated heterocycles. The standard InChI is InChI=1S/C25H25ClN2O6S/c1-35(32,33)28-16-20-12-19(14-25(30)31)6-11-23(20)34-22-9-4-17(5-10-22)13-24(29)27-15-18-2-7-21(26)8-3-18/h2-12,28H,13-16H2,1H3,(H,27,29)(H,30,31). The summed E-state index contributed by atoms with van der Waals surface area (Å²) < 4.78 is 31.4. The Bertz CT molecular complexity index is 1290. The van der Waals surface area contributed by atoms with Crippen molar-refractivity contribution >= 4 is 33.5 Å². The fourth-order valence-corrected chi connectivity index (χ4v) is 3.76. The number of nitrogens with one attached hydrogen (secondary N) is 2. The summed E-state index contributed by atoms with van der Waals surface area (Å²) in [6, 6.07) is 19.0. The van der Waals surface area contributed by atoms with Crippen LogP contribution in [-0.2, 0) is 45.5 Å². The van der Waals surface area contributed by atoms with Gasteiger partial charge in [0.2, 0.25) is 15.9 Å². The smallest absolute Gasteiger partial charge is 0.307 e. The first-order valence-corrected chi connectivity index (χ1v) is 12.9. The number of carboxylic acids is 1. The molecule has 10 heteroatoms. The van der Waals surface area contributed by atoms with E-state index in [9.17, 15) is 18.0 Å². The van der Waals surface area contributed by atoms with Crippen LogP contribution in [0.25, 0.3) is 0 Å². The third kappa shape index (κ3) is 9.05. The van der Waals surface area contributed by atoms with Crippen molar-refractivity contribution in [2.45, 2.75) is 25.9 Å². The molecule has 35 heavy (non-hydrogen) atoms. The van der Waals surface area contributed by atoms with Gasteiger partial charge in [0.25, 0.3) is 0 Å². The predicted molar refractivity (Wildman–Crippen MR) is 133 cm³/mol. The van der Waals surface area contributed by atoms with Gasteiger partial charge in [-0.25, -0.2) is 13.1 Å². The van der Waals surface area contributed by atoms with Crippen molar-refractivity contribution in [1.82, 2.24) is 10.0 Å². The van der Waals surface area contributed by atoms with Crippen molar-refractivity contribution in [3.8, 4) is 11.5 Å². The summed E-state index contributed by atoms with van der Waals surface area (Å²) in [5.41, 5.74) is 2.76. The van der Waals surface area contributed by atoms with Crippen molar-refractivity contribution in [1.29, 1.82) is 0 Å². The van der Waals surface area contributed by atoms with E-state index in [2.05, 4.69) is 10.0 Å². The van der Waals surface area contributed by atoms with E-state index in [-0.39, 0.29) is 25.3 Å². The molecule has 184 valence electrons. The summed E-state index contributed by atoms with van der Waals surface area (Å²) in [5, 5.41) is 12.5. The Morgan fingerprint density at radius 3 is 2.14 bits per heavy atom. The van der Waals surface area contributed by atoms with Crippen LogP contribution in [0.4, 0.5) is 0 Å². The number of carbonyl (C=O) groups excluding carboxylic acids is 1. The normalized spacial score (nSPS) is 11.1. The second-order valence-corrected chi connectivity index (χ2v) is 10.2. The summed E-state index contributed by atoms with van der Waals surface area (Å²) in [6.07, 6.45) is 1.04. The lowest BCUT2D eigenvalue weighted by molar-refractivity contribution is -0.136. The maximum atomic E-state index is 12.3. The van der Waals surface area contributed by atoms with Gasteiger partial charge in [0, 0.05) is 23.7 Å². The zero-order chi connectivity index (χ0) is 25.4. The number of carbonyl (C=O) groups is 2. The van der Waals surface area contributed by atoms with Gasteiger partial charge in [-0.1, -0.05) is 48.0 Å². The number of hydrogen-bond acceptors (Lipinski definition) is 5. The van der Waals surface area contributed by atoms with Crippen LogP contribution in [0.15, 0.2) is 66.7 Å². The Balaban J connectivity index is 1.63. The third-order valence-corrected chi connectivity index (χ3v) is 5.84. The van der Waals surface area contributed by atoms with E-state index in [1.165, 1.54) is 0 Å². The van der Waals surface area contributed by atoms with Crippen molar-refractivity contribution in [3.05, 3.63) is 94.0 Å². The Hall–Kier alpha value is -3.40. The van der Waals surface area contributed by atoms with Gasteiger partial charge in [-0.15, -0.1) is 0 Å². The average Bonchev–Trinajstić information content (AvgIpc) is 2.79. The van der Waals surface area contributed by atoms with Crippen LogP contribution >= 0.6 is 11.6 Å². The third-order valence-electron chi connectivity index (χ3n) is 4.92. The number of aliphatic carboxylic acids is 1. The summed E-state index contributed by atoms with van der Waals surface area (Å²) in [6.45, 7) is 0.354. The number of ether oxygens (including phenoxy) is 1. The molecule has 0 aliphatic rings. The number of hydrogen-bond donors (Lipinski definition) is 3. The van der Waals surface area contributed by atoms with Crippen LogP contribution in [0.5, 0.6) is 11.5 Å². The lowest BCUT2D eigenvalue weighted by Gasteiger charge is -2.13. The topological polar surface area (TPSA) is 122 Å². The molecule has 3 aromatic rings. The molecule has 0 unspecified atom stereocenters. The van der Waals surface area contributed by atoms with Crippen LogP contribution in [0.2, 0.25) is 5.02 Å². The Kier molecular flexibility index (Phi) is 8.86. The van der Waals surface area contributed by atoms with Gasteiger partial charge in [-0.2, -0.15) is 0 Å².